The highest BCUT2D eigenvalue weighted by Crippen LogP contribution is 2.30. The topological polar surface area (TPSA) is 29.3 Å². The Morgan fingerprint density at radius 3 is 2.76 bits per heavy atom. The number of nitrogens with two attached hydrogens (primary N) is 1. The highest BCUT2D eigenvalue weighted by Gasteiger charge is 2.24. The molecule has 1 aliphatic heterocycles. The van der Waals surface area contributed by atoms with Gasteiger partial charge in [0.1, 0.15) is 0 Å². The first-order valence-electron chi connectivity index (χ1n) is 6.68. The Morgan fingerprint density at radius 1 is 1.35 bits per heavy atom. The average Bonchev–Trinajstić information content (AvgIpc) is 2.30. The van der Waals surface area contributed by atoms with E-state index in [1.165, 1.54) is 36.2 Å². The first-order chi connectivity index (χ1) is 8.11. The van der Waals surface area contributed by atoms with Gasteiger partial charge in [-0.1, -0.05) is 24.6 Å². The maximum Gasteiger partial charge on any atom is 0.0414 e. The van der Waals surface area contributed by atoms with Crippen molar-refractivity contribution in [1.82, 2.24) is 0 Å². The molecule has 0 aromatic heterocycles. The first kappa shape index (κ1) is 12.4. The summed E-state index contributed by atoms with van der Waals surface area (Å²) in [5.41, 5.74) is 9.80. The van der Waals surface area contributed by atoms with Crippen molar-refractivity contribution >= 4 is 5.69 Å². The summed E-state index contributed by atoms with van der Waals surface area (Å²) in [5.74, 6) is 0.855. The van der Waals surface area contributed by atoms with Crippen LogP contribution in [0.15, 0.2) is 18.2 Å². The van der Waals surface area contributed by atoms with E-state index in [1.807, 2.05) is 0 Å². The summed E-state index contributed by atoms with van der Waals surface area (Å²) >= 11 is 0. The summed E-state index contributed by atoms with van der Waals surface area (Å²) in [6.45, 7) is 8.61. The van der Waals surface area contributed by atoms with Gasteiger partial charge in [-0.25, -0.2) is 0 Å². The largest absolute Gasteiger partial charge is 0.369 e. The molecule has 1 heterocycles. The number of hydrogen-bond acceptors (Lipinski definition) is 2. The number of aryl methyl sites for hydroxylation is 1. The van der Waals surface area contributed by atoms with Crippen molar-refractivity contribution in [2.75, 3.05) is 11.4 Å². The molecule has 2 rings (SSSR count). The molecule has 2 unspecified atom stereocenters. The van der Waals surface area contributed by atoms with E-state index in [4.69, 9.17) is 5.73 Å². The zero-order valence-corrected chi connectivity index (χ0v) is 11.2. The molecule has 0 spiro atoms. The SMILES string of the molecule is Cc1ccc(N2CCC(C)CC2C)c(CN)c1. The van der Waals surface area contributed by atoms with Crippen molar-refractivity contribution < 1.29 is 0 Å². The monoisotopic (exact) mass is 232 g/mol. The second-order valence-electron chi connectivity index (χ2n) is 5.51. The van der Waals surface area contributed by atoms with E-state index >= 15 is 0 Å². The molecule has 0 radical (unpaired) electrons. The van der Waals surface area contributed by atoms with Gasteiger partial charge in [-0.05, 0) is 44.2 Å². The molecule has 1 aliphatic rings. The molecule has 2 heteroatoms. The van der Waals surface area contributed by atoms with Crippen LogP contribution in [0.1, 0.15) is 37.8 Å². The zero-order valence-electron chi connectivity index (χ0n) is 11.2. The highest BCUT2D eigenvalue weighted by molar-refractivity contribution is 5.56. The summed E-state index contributed by atoms with van der Waals surface area (Å²) in [6.07, 6.45) is 2.58. The Balaban J connectivity index is 2.27. The van der Waals surface area contributed by atoms with Gasteiger partial charge in [0.2, 0.25) is 0 Å². The van der Waals surface area contributed by atoms with Gasteiger partial charge in [0.05, 0.1) is 0 Å². The van der Waals surface area contributed by atoms with Crippen molar-refractivity contribution in [3.05, 3.63) is 29.3 Å². The Bertz CT molecular complexity index is 387. The van der Waals surface area contributed by atoms with E-state index in [1.54, 1.807) is 0 Å². The third-order valence-electron chi connectivity index (χ3n) is 3.90. The third kappa shape index (κ3) is 2.63. The van der Waals surface area contributed by atoms with E-state index in [0.29, 0.717) is 12.6 Å². The predicted octanol–water partition coefficient (Wildman–Crippen LogP) is 3.08. The lowest BCUT2D eigenvalue weighted by Gasteiger charge is -2.39. The molecule has 0 bridgehead atoms. The molecule has 94 valence electrons. The number of rotatable bonds is 2. The van der Waals surface area contributed by atoms with Gasteiger partial charge in [0.15, 0.2) is 0 Å². The number of benzene rings is 1. The van der Waals surface area contributed by atoms with Crippen LogP contribution >= 0.6 is 0 Å². The Morgan fingerprint density at radius 2 is 2.12 bits per heavy atom. The van der Waals surface area contributed by atoms with Crippen LogP contribution in [0.3, 0.4) is 0 Å². The lowest BCUT2D eigenvalue weighted by molar-refractivity contribution is 0.377. The molecular weight excluding hydrogens is 208 g/mol. The summed E-state index contributed by atoms with van der Waals surface area (Å²) in [4.78, 5) is 2.53. The summed E-state index contributed by atoms with van der Waals surface area (Å²) in [5, 5.41) is 0. The Kier molecular flexibility index (Phi) is 3.72. The normalized spacial score (nSPS) is 25.1. The molecular formula is C15H24N2. The van der Waals surface area contributed by atoms with Crippen LogP contribution in [0, 0.1) is 12.8 Å². The quantitative estimate of drug-likeness (QED) is 0.849. The fraction of sp³-hybridized carbons (Fsp3) is 0.600. The molecule has 0 aliphatic carbocycles. The molecule has 1 saturated heterocycles. The molecule has 2 N–H and O–H groups in total. The maximum absolute atomic E-state index is 5.87. The van der Waals surface area contributed by atoms with Crippen molar-refractivity contribution in [2.24, 2.45) is 11.7 Å². The van der Waals surface area contributed by atoms with Gasteiger partial charge < -0.3 is 10.6 Å². The molecule has 17 heavy (non-hydrogen) atoms. The van der Waals surface area contributed by atoms with Crippen molar-refractivity contribution in [3.8, 4) is 0 Å². The average molecular weight is 232 g/mol. The number of piperidine rings is 1. The van der Waals surface area contributed by atoms with Crippen LogP contribution in [0.2, 0.25) is 0 Å². The van der Waals surface area contributed by atoms with Gasteiger partial charge >= 0.3 is 0 Å². The fourth-order valence-corrected chi connectivity index (χ4v) is 2.92. The number of hydrogen-bond donors (Lipinski definition) is 1. The Labute approximate surface area is 105 Å². The lowest BCUT2D eigenvalue weighted by Crippen LogP contribution is -2.40. The summed E-state index contributed by atoms with van der Waals surface area (Å²) in [7, 11) is 0. The highest BCUT2D eigenvalue weighted by atomic mass is 15.2. The van der Waals surface area contributed by atoms with E-state index in [9.17, 15) is 0 Å². The zero-order chi connectivity index (χ0) is 12.4. The van der Waals surface area contributed by atoms with Crippen LogP contribution in [-0.4, -0.2) is 12.6 Å². The van der Waals surface area contributed by atoms with Gasteiger partial charge in [-0.3, -0.25) is 0 Å². The second kappa shape index (κ2) is 5.09. The number of anilines is 1. The van der Waals surface area contributed by atoms with E-state index in [0.717, 1.165) is 5.92 Å². The van der Waals surface area contributed by atoms with Gasteiger partial charge in [0, 0.05) is 24.8 Å². The van der Waals surface area contributed by atoms with Crippen LogP contribution < -0.4 is 10.6 Å². The molecule has 1 aromatic rings. The lowest BCUT2D eigenvalue weighted by atomic mass is 9.92. The van der Waals surface area contributed by atoms with Crippen LogP contribution in [0.4, 0.5) is 5.69 Å². The van der Waals surface area contributed by atoms with Crippen molar-refractivity contribution in [2.45, 2.75) is 46.2 Å². The van der Waals surface area contributed by atoms with Crippen molar-refractivity contribution in [3.63, 3.8) is 0 Å². The van der Waals surface area contributed by atoms with E-state index < -0.39 is 0 Å². The predicted molar refractivity (Wildman–Crippen MR) is 74.3 cm³/mol. The van der Waals surface area contributed by atoms with Crippen LogP contribution in [-0.2, 0) is 6.54 Å². The number of nitrogens with zero attached hydrogens (tertiary/aromatic N) is 1. The van der Waals surface area contributed by atoms with E-state index in [2.05, 4.69) is 43.9 Å². The standard InChI is InChI=1S/C15H24N2/c1-11-4-5-15(14(9-11)10-16)17-7-6-12(2)8-13(17)3/h4-5,9,12-13H,6-8,10,16H2,1-3H3. The van der Waals surface area contributed by atoms with Crippen LogP contribution in [0.25, 0.3) is 0 Å². The van der Waals surface area contributed by atoms with Gasteiger partial charge in [0.25, 0.3) is 0 Å². The van der Waals surface area contributed by atoms with Gasteiger partial charge in [-0.2, -0.15) is 0 Å². The smallest absolute Gasteiger partial charge is 0.0414 e. The maximum atomic E-state index is 5.87. The molecule has 0 saturated carbocycles. The first-order valence-corrected chi connectivity index (χ1v) is 6.68. The van der Waals surface area contributed by atoms with Crippen molar-refractivity contribution in [1.29, 1.82) is 0 Å². The fourth-order valence-electron chi connectivity index (χ4n) is 2.92. The molecule has 1 fully saturated rings. The molecule has 1 aromatic carbocycles. The minimum absolute atomic E-state index is 0.631. The summed E-state index contributed by atoms with van der Waals surface area (Å²) < 4.78 is 0. The second-order valence-corrected chi connectivity index (χ2v) is 5.51. The Hall–Kier alpha value is -1.02. The minimum Gasteiger partial charge on any atom is -0.369 e. The van der Waals surface area contributed by atoms with Gasteiger partial charge in [-0.15, -0.1) is 0 Å². The third-order valence-corrected chi connectivity index (χ3v) is 3.90. The molecule has 2 nitrogen and oxygen atoms in total. The summed E-state index contributed by atoms with van der Waals surface area (Å²) in [6, 6.07) is 7.29. The van der Waals surface area contributed by atoms with E-state index in [-0.39, 0.29) is 0 Å². The molecule has 2 atom stereocenters. The minimum atomic E-state index is 0.631. The molecule has 0 amide bonds. The van der Waals surface area contributed by atoms with Crippen LogP contribution in [0.5, 0.6) is 0 Å².